The van der Waals surface area contributed by atoms with Gasteiger partial charge in [0.25, 0.3) is 0 Å². The first-order valence-electron chi connectivity index (χ1n) is 7.70. The van der Waals surface area contributed by atoms with Crippen molar-refractivity contribution in [2.45, 2.75) is 52.4 Å². The van der Waals surface area contributed by atoms with Crippen LogP contribution < -0.4 is 0 Å². The Labute approximate surface area is 123 Å². The molecular formula is C20H26. The fourth-order valence-electron chi connectivity index (χ4n) is 3.02. The predicted molar refractivity (Wildman–Crippen MR) is 88.6 cm³/mol. The van der Waals surface area contributed by atoms with Crippen molar-refractivity contribution in [1.29, 1.82) is 0 Å². The molecule has 0 aliphatic heterocycles. The van der Waals surface area contributed by atoms with Crippen molar-refractivity contribution in [2.24, 2.45) is 0 Å². The van der Waals surface area contributed by atoms with Crippen LogP contribution in [0.4, 0.5) is 0 Å². The molecule has 0 saturated heterocycles. The lowest BCUT2D eigenvalue weighted by Crippen LogP contribution is -2.08. The molecule has 0 aliphatic carbocycles. The molecule has 0 heterocycles. The Morgan fingerprint density at radius 2 is 1.10 bits per heavy atom. The fourth-order valence-corrected chi connectivity index (χ4v) is 3.02. The Hall–Kier alpha value is -1.56. The molecule has 0 N–H and O–H groups in total. The summed E-state index contributed by atoms with van der Waals surface area (Å²) in [6.45, 7) is 11.5. The standard InChI is InChI=1S/C20H26/c1-14(2)18-12-9-13-19(15(3)4)20(18)16(5)17-10-7-6-8-11-17/h6-16H,1-5H3. The molecule has 0 heteroatoms. The van der Waals surface area contributed by atoms with E-state index in [1.165, 1.54) is 22.3 Å². The third-order valence-corrected chi connectivity index (χ3v) is 4.15. The van der Waals surface area contributed by atoms with E-state index in [1.807, 2.05) is 0 Å². The molecule has 0 saturated carbocycles. The molecular weight excluding hydrogens is 240 g/mol. The molecule has 106 valence electrons. The van der Waals surface area contributed by atoms with Crippen LogP contribution in [0.3, 0.4) is 0 Å². The van der Waals surface area contributed by atoms with Gasteiger partial charge in [-0.2, -0.15) is 0 Å². The summed E-state index contributed by atoms with van der Waals surface area (Å²) in [7, 11) is 0. The van der Waals surface area contributed by atoms with Crippen LogP contribution in [-0.4, -0.2) is 0 Å². The molecule has 2 rings (SSSR count). The average Bonchev–Trinajstić information content (AvgIpc) is 2.46. The molecule has 0 amide bonds. The van der Waals surface area contributed by atoms with Crippen LogP contribution in [0.15, 0.2) is 48.5 Å². The van der Waals surface area contributed by atoms with Crippen molar-refractivity contribution in [3.63, 3.8) is 0 Å². The smallest absolute Gasteiger partial charge is 0.00666 e. The normalized spacial score (nSPS) is 12.9. The molecule has 1 atom stereocenters. The predicted octanol–water partition coefficient (Wildman–Crippen LogP) is 6.09. The minimum atomic E-state index is 0.451. The van der Waals surface area contributed by atoms with Crippen LogP contribution in [0, 0.1) is 0 Å². The summed E-state index contributed by atoms with van der Waals surface area (Å²) < 4.78 is 0. The number of hydrogen-bond acceptors (Lipinski definition) is 0. The third kappa shape index (κ3) is 2.95. The van der Waals surface area contributed by atoms with Gasteiger partial charge in [-0.05, 0) is 34.1 Å². The SMILES string of the molecule is CC(C)c1cccc(C(C)C)c1C(C)c1ccccc1. The monoisotopic (exact) mass is 266 g/mol. The second-order valence-corrected chi connectivity index (χ2v) is 6.29. The van der Waals surface area contributed by atoms with E-state index >= 15 is 0 Å². The molecule has 2 aromatic carbocycles. The van der Waals surface area contributed by atoms with Gasteiger partial charge >= 0.3 is 0 Å². The summed E-state index contributed by atoms with van der Waals surface area (Å²) in [6, 6.07) is 17.7. The van der Waals surface area contributed by atoms with E-state index in [0.29, 0.717) is 17.8 Å². The van der Waals surface area contributed by atoms with Gasteiger partial charge in [0.2, 0.25) is 0 Å². The van der Waals surface area contributed by atoms with E-state index in [2.05, 4.69) is 83.1 Å². The molecule has 0 fully saturated rings. The number of benzene rings is 2. The van der Waals surface area contributed by atoms with Crippen LogP contribution in [0.2, 0.25) is 0 Å². The first kappa shape index (κ1) is 14.8. The van der Waals surface area contributed by atoms with Crippen LogP contribution in [0.25, 0.3) is 0 Å². The highest BCUT2D eigenvalue weighted by Gasteiger charge is 2.19. The highest BCUT2D eigenvalue weighted by Crippen LogP contribution is 2.36. The largest absolute Gasteiger partial charge is 0.0622 e. The van der Waals surface area contributed by atoms with Gasteiger partial charge in [0.15, 0.2) is 0 Å². The van der Waals surface area contributed by atoms with Crippen LogP contribution in [0.5, 0.6) is 0 Å². The van der Waals surface area contributed by atoms with Gasteiger partial charge in [-0.1, -0.05) is 83.1 Å². The summed E-state index contributed by atoms with van der Waals surface area (Å²) in [5.41, 5.74) is 5.92. The van der Waals surface area contributed by atoms with E-state index in [1.54, 1.807) is 0 Å². The van der Waals surface area contributed by atoms with E-state index in [-0.39, 0.29) is 0 Å². The van der Waals surface area contributed by atoms with Gasteiger partial charge in [0.05, 0.1) is 0 Å². The molecule has 0 spiro atoms. The maximum absolute atomic E-state index is 2.34. The van der Waals surface area contributed by atoms with Crippen molar-refractivity contribution >= 4 is 0 Å². The Bertz CT molecular complexity index is 523. The van der Waals surface area contributed by atoms with Gasteiger partial charge in [0, 0.05) is 5.92 Å². The maximum atomic E-state index is 2.34. The quantitative estimate of drug-likeness (QED) is 0.628. The van der Waals surface area contributed by atoms with Crippen molar-refractivity contribution in [3.05, 3.63) is 70.8 Å². The molecule has 0 aromatic heterocycles. The fraction of sp³-hybridized carbons (Fsp3) is 0.400. The van der Waals surface area contributed by atoms with Crippen molar-refractivity contribution in [2.75, 3.05) is 0 Å². The summed E-state index contributed by atoms with van der Waals surface area (Å²) in [4.78, 5) is 0. The molecule has 0 aliphatic rings. The molecule has 20 heavy (non-hydrogen) atoms. The van der Waals surface area contributed by atoms with E-state index < -0.39 is 0 Å². The first-order chi connectivity index (χ1) is 9.52. The van der Waals surface area contributed by atoms with Crippen molar-refractivity contribution in [3.8, 4) is 0 Å². The molecule has 1 unspecified atom stereocenters. The molecule has 0 bridgehead atoms. The van der Waals surface area contributed by atoms with Gasteiger partial charge in [0.1, 0.15) is 0 Å². The number of rotatable bonds is 4. The van der Waals surface area contributed by atoms with Crippen molar-refractivity contribution in [1.82, 2.24) is 0 Å². The first-order valence-corrected chi connectivity index (χ1v) is 7.70. The summed E-state index contributed by atoms with van der Waals surface area (Å²) >= 11 is 0. The Balaban J connectivity index is 2.58. The minimum absolute atomic E-state index is 0.451. The Kier molecular flexibility index (Phi) is 4.65. The maximum Gasteiger partial charge on any atom is 0.00666 e. The number of hydrogen-bond donors (Lipinski definition) is 0. The molecule has 0 radical (unpaired) electrons. The van der Waals surface area contributed by atoms with Crippen LogP contribution in [-0.2, 0) is 0 Å². The van der Waals surface area contributed by atoms with Gasteiger partial charge < -0.3 is 0 Å². The van der Waals surface area contributed by atoms with Crippen molar-refractivity contribution < 1.29 is 0 Å². The Morgan fingerprint density at radius 1 is 0.600 bits per heavy atom. The molecule has 2 aromatic rings. The summed E-state index contributed by atoms with van der Waals surface area (Å²) in [5, 5.41) is 0. The van der Waals surface area contributed by atoms with Crippen LogP contribution >= 0.6 is 0 Å². The third-order valence-electron chi connectivity index (χ3n) is 4.15. The second kappa shape index (κ2) is 6.26. The zero-order valence-electron chi connectivity index (χ0n) is 13.4. The Morgan fingerprint density at radius 3 is 1.55 bits per heavy atom. The topological polar surface area (TPSA) is 0 Å². The zero-order valence-corrected chi connectivity index (χ0v) is 13.4. The van der Waals surface area contributed by atoms with Gasteiger partial charge in [-0.25, -0.2) is 0 Å². The molecule has 0 nitrogen and oxygen atoms in total. The zero-order chi connectivity index (χ0) is 14.7. The highest BCUT2D eigenvalue weighted by atomic mass is 14.2. The minimum Gasteiger partial charge on any atom is -0.0622 e. The van der Waals surface area contributed by atoms with Gasteiger partial charge in [-0.15, -0.1) is 0 Å². The van der Waals surface area contributed by atoms with E-state index in [9.17, 15) is 0 Å². The lowest BCUT2D eigenvalue weighted by atomic mass is 9.80. The van der Waals surface area contributed by atoms with Gasteiger partial charge in [-0.3, -0.25) is 0 Å². The lowest BCUT2D eigenvalue weighted by molar-refractivity contribution is 0.767. The lowest BCUT2D eigenvalue weighted by Gasteiger charge is -2.24. The van der Waals surface area contributed by atoms with E-state index in [0.717, 1.165) is 0 Å². The van der Waals surface area contributed by atoms with E-state index in [4.69, 9.17) is 0 Å². The summed E-state index contributed by atoms with van der Waals surface area (Å²) in [5.74, 6) is 1.58. The van der Waals surface area contributed by atoms with Crippen LogP contribution in [0.1, 0.15) is 74.6 Å². The highest BCUT2D eigenvalue weighted by molar-refractivity contribution is 5.45. The average molecular weight is 266 g/mol. The second-order valence-electron chi connectivity index (χ2n) is 6.29. The summed E-state index contributed by atoms with van der Waals surface area (Å²) in [6.07, 6.45) is 0.